The third-order valence-electron chi connectivity index (χ3n) is 3.20. The van der Waals surface area contributed by atoms with Gasteiger partial charge >= 0.3 is 0 Å². The third kappa shape index (κ3) is 2.66. The van der Waals surface area contributed by atoms with Crippen molar-refractivity contribution in [1.82, 2.24) is 0 Å². The molecule has 2 heteroatoms. The molecule has 92 valence electrons. The predicted molar refractivity (Wildman–Crippen MR) is 73.3 cm³/mol. The van der Waals surface area contributed by atoms with Gasteiger partial charge in [-0.3, -0.25) is 4.79 Å². The van der Waals surface area contributed by atoms with E-state index >= 15 is 0 Å². The van der Waals surface area contributed by atoms with E-state index in [-0.39, 0.29) is 17.7 Å². The van der Waals surface area contributed by atoms with E-state index < -0.39 is 0 Å². The summed E-state index contributed by atoms with van der Waals surface area (Å²) in [5, 5.41) is 0. The topological polar surface area (TPSA) is 43.1 Å². The highest BCUT2D eigenvalue weighted by molar-refractivity contribution is 5.98. The molecule has 0 aromatic heterocycles. The van der Waals surface area contributed by atoms with Crippen LogP contribution in [0.3, 0.4) is 0 Å². The molecule has 0 fully saturated rings. The summed E-state index contributed by atoms with van der Waals surface area (Å²) in [6, 6.07) is 18.8. The fraction of sp³-hybridized carbons (Fsp3) is 0.188. The van der Waals surface area contributed by atoms with Crippen molar-refractivity contribution in [2.75, 3.05) is 0 Å². The summed E-state index contributed by atoms with van der Waals surface area (Å²) in [6.07, 6.45) is 0. The Morgan fingerprint density at radius 2 is 1.44 bits per heavy atom. The minimum absolute atomic E-state index is 0.0898. The van der Waals surface area contributed by atoms with Crippen LogP contribution in [-0.2, 0) is 0 Å². The Bertz CT molecular complexity index is 507. The molecular weight excluding hydrogens is 222 g/mol. The van der Waals surface area contributed by atoms with Crippen LogP contribution in [0.2, 0.25) is 0 Å². The van der Waals surface area contributed by atoms with Crippen LogP contribution in [0.25, 0.3) is 0 Å². The number of carbonyl (C=O) groups is 1. The Morgan fingerprint density at radius 1 is 0.944 bits per heavy atom. The standard InChI is InChI=1S/C16H17NO/c1-12(15(17)13-8-4-2-5-9-13)16(18)14-10-6-3-7-11-14/h2-12,15H,17H2,1H3/t12-,15-/m1/s1. The second kappa shape index (κ2) is 5.61. The van der Waals surface area contributed by atoms with Crippen molar-refractivity contribution < 1.29 is 4.79 Å². The lowest BCUT2D eigenvalue weighted by atomic mass is 9.89. The molecule has 0 heterocycles. The van der Waals surface area contributed by atoms with Crippen LogP contribution in [0.15, 0.2) is 60.7 Å². The van der Waals surface area contributed by atoms with Crippen molar-refractivity contribution in [3.05, 3.63) is 71.8 Å². The Hall–Kier alpha value is -1.93. The molecule has 0 spiro atoms. The van der Waals surface area contributed by atoms with E-state index in [0.29, 0.717) is 0 Å². The van der Waals surface area contributed by atoms with E-state index in [1.54, 1.807) is 0 Å². The summed E-state index contributed by atoms with van der Waals surface area (Å²) in [4.78, 5) is 12.3. The zero-order chi connectivity index (χ0) is 13.0. The summed E-state index contributed by atoms with van der Waals surface area (Å²) in [6.45, 7) is 1.88. The van der Waals surface area contributed by atoms with Gasteiger partial charge in [0.1, 0.15) is 0 Å². The van der Waals surface area contributed by atoms with Crippen LogP contribution in [0, 0.1) is 5.92 Å². The smallest absolute Gasteiger partial charge is 0.167 e. The molecular formula is C16H17NO. The normalized spacial score (nSPS) is 13.9. The SMILES string of the molecule is C[C@@H](C(=O)c1ccccc1)[C@@H](N)c1ccccc1. The zero-order valence-corrected chi connectivity index (χ0v) is 10.4. The largest absolute Gasteiger partial charge is 0.323 e. The molecule has 2 aromatic carbocycles. The molecule has 2 aromatic rings. The highest BCUT2D eigenvalue weighted by Crippen LogP contribution is 2.22. The maximum atomic E-state index is 12.3. The molecule has 2 N–H and O–H groups in total. The minimum Gasteiger partial charge on any atom is -0.323 e. The second-order valence-electron chi connectivity index (χ2n) is 4.46. The average molecular weight is 239 g/mol. The Kier molecular flexibility index (Phi) is 3.90. The highest BCUT2D eigenvalue weighted by atomic mass is 16.1. The van der Waals surface area contributed by atoms with Gasteiger partial charge in [0.15, 0.2) is 5.78 Å². The Labute approximate surface area is 107 Å². The number of carbonyl (C=O) groups excluding carboxylic acids is 1. The highest BCUT2D eigenvalue weighted by Gasteiger charge is 2.22. The molecule has 18 heavy (non-hydrogen) atoms. The van der Waals surface area contributed by atoms with Gasteiger partial charge in [0.2, 0.25) is 0 Å². The van der Waals surface area contributed by atoms with Gasteiger partial charge in [-0.2, -0.15) is 0 Å². The summed E-state index contributed by atoms with van der Waals surface area (Å²) in [5.41, 5.74) is 7.87. The fourth-order valence-corrected chi connectivity index (χ4v) is 1.99. The molecule has 0 saturated heterocycles. The van der Waals surface area contributed by atoms with E-state index in [4.69, 9.17) is 5.73 Å². The van der Waals surface area contributed by atoms with Crippen LogP contribution in [0.4, 0.5) is 0 Å². The molecule has 0 saturated carbocycles. The predicted octanol–water partition coefficient (Wildman–Crippen LogP) is 3.21. The number of hydrogen-bond donors (Lipinski definition) is 1. The summed E-state index contributed by atoms with van der Waals surface area (Å²) in [7, 11) is 0. The van der Waals surface area contributed by atoms with Crippen molar-refractivity contribution in [3.8, 4) is 0 Å². The van der Waals surface area contributed by atoms with Crippen LogP contribution in [0.5, 0.6) is 0 Å². The van der Waals surface area contributed by atoms with Crippen molar-refractivity contribution in [3.63, 3.8) is 0 Å². The lowest BCUT2D eigenvalue weighted by molar-refractivity contribution is 0.0913. The number of Topliss-reactive ketones (excluding diaryl/α,β-unsaturated/α-hetero) is 1. The number of benzene rings is 2. The van der Waals surface area contributed by atoms with E-state index in [2.05, 4.69) is 0 Å². The quantitative estimate of drug-likeness (QED) is 0.832. The van der Waals surface area contributed by atoms with Gasteiger partial charge in [-0.05, 0) is 5.56 Å². The number of rotatable bonds is 4. The van der Waals surface area contributed by atoms with Crippen molar-refractivity contribution >= 4 is 5.78 Å². The second-order valence-corrected chi connectivity index (χ2v) is 4.46. The van der Waals surface area contributed by atoms with Gasteiger partial charge in [0.25, 0.3) is 0 Å². The van der Waals surface area contributed by atoms with Gasteiger partial charge in [-0.25, -0.2) is 0 Å². The summed E-state index contributed by atoms with van der Waals surface area (Å²) in [5.74, 6) is -0.137. The molecule has 0 aliphatic carbocycles. The molecule has 0 amide bonds. The fourth-order valence-electron chi connectivity index (χ4n) is 1.99. The lowest BCUT2D eigenvalue weighted by Gasteiger charge is -2.19. The molecule has 2 nitrogen and oxygen atoms in total. The first kappa shape index (κ1) is 12.5. The first-order valence-electron chi connectivity index (χ1n) is 6.10. The van der Waals surface area contributed by atoms with E-state index in [1.807, 2.05) is 67.6 Å². The van der Waals surface area contributed by atoms with Crippen LogP contribution in [0.1, 0.15) is 28.9 Å². The van der Waals surface area contributed by atoms with Crippen LogP contribution in [-0.4, -0.2) is 5.78 Å². The molecule has 2 rings (SSSR count). The van der Waals surface area contributed by atoms with Gasteiger partial charge < -0.3 is 5.73 Å². The van der Waals surface area contributed by atoms with Crippen molar-refractivity contribution in [2.45, 2.75) is 13.0 Å². The van der Waals surface area contributed by atoms with Crippen LogP contribution >= 0.6 is 0 Å². The van der Waals surface area contributed by atoms with E-state index in [1.165, 1.54) is 0 Å². The van der Waals surface area contributed by atoms with E-state index in [0.717, 1.165) is 11.1 Å². The molecule has 0 unspecified atom stereocenters. The monoisotopic (exact) mass is 239 g/mol. The minimum atomic E-state index is -0.265. The molecule has 0 bridgehead atoms. The first-order valence-corrected chi connectivity index (χ1v) is 6.10. The first-order chi connectivity index (χ1) is 8.70. The Morgan fingerprint density at radius 3 is 2.00 bits per heavy atom. The Balaban J connectivity index is 2.17. The lowest BCUT2D eigenvalue weighted by Crippen LogP contribution is -2.26. The number of ketones is 1. The van der Waals surface area contributed by atoms with Gasteiger partial charge in [0.05, 0.1) is 0 Å². The van der Waals surface area contributed by atoms with Gasteiger partial charge in [-0.15, -0.1) is 0 Å². The number of hydrogen-bond acceptors (Lipinski definition) is 2. The van der Waals surface area contributed by atoms with Crippen molar-refractivity contribution in [1.29, 1.82) is 0 Å². The zero-order valence-electron chi connectivity index (χ0n) is 10.4. The van der Waals surface area contributed by atoms with E-state index in [9.17, 15) is 4.79 Å². The average Bonchev–Trinajstić information content (AvgIpc) is 2.47. The molecule has 0 aliphatic rings. The molecule has 0 radical (unpaired) electrons. The maximum Gasteiger partial charge on any atom is 0.167 e. The van der Waals surface area contributed by atoms with Gasteiger partial charge in [0, 0.05) is 17.5 Å². The summed E-state index contributed by atoms with van der Waals surface area (Å²) >= 11 is 0. The third-order valence-corrected chi connectivity index (χ3v) is 3.20. The maximum absolute atomic E-state index is 12.3. The number of nitrogens with two attached hydrogens (primary N) is 1. The molecule has 2 atom stereocenters. The molecule has 0 aliphatic heterocycles. The summed E-state index contributed by atoms with van der Waals surface area (Å²) < 4.78 is 0. The van der Waals surface area contributed by atoms with Crippen molar-refractivity contribution in [2.24, 2.45) is 11.7 Å². The van der Waals surface area contributed by atoms with Crippen LogP contribution < -0.4 is 5.73 Å². The van der Waals surface area contributed by atoms with Gasteiger partial charge in [-0.1, -0.05) is 67.6 Å².